The van der Waals surface area contributed by atoms with E-state index in [1.54, 1.807) is 0 Å². The lowest BCUT2D eigenvalue weighted by molar-refractivity contribution is 0.268. The van der Waals surface area contributed by atoms with Gasteiger partial charge in [-0.3, -0.25) is 9.88 Å². The third-order valence-corrected chi connectivity index (χ3v) is 3.66. The highest BCUT2D eigenvalue weighted by molar-refractivity contribution is 7.80. The number of rotatable bonds is 6. The Hall–Kier alpha value is -1.78. The third-order valence-electron chi connectivity index (χ3n) is 3.42. The van der Waals surface area contributed by atoms with Gasteiger partial charge in [0.15, 0.2) is 0 Å². The minimum Gasteiger partial charge on any atom is -0.389 e. The maximum Gasteiger partial charge on any atom is 0.103 e. The van der Waals surface area contributed by atoms with Gasteiger partial charge in [0.2, 0.25) is 0 Å². The minimum absolute atomic E-state index is 0.442. The summed E-state index contributed by atoms with van der Waals surface area (Å²) in [7, 11) is 0. The fraction of sp³-hybridized carbons (Fsp3) is 0.294. The summed E-state index contributed by atoms with van der Waals surface area (Å²) in [5.74, 6) is 0. The first kappa shape index (κ1) is 15.6. The van der Waals surface area contributed by atoms with E-state index in [0.717, 1.165) is 36.6 Å². The molecule has 1 aromatic carbocycles. The van der Waals surface area contributed by atoms with Crippen LogP contribution < -0.4 is 5.73 Å². The topological polar surface area (TPSA) is 42.1 Å². The Morgan fingerprint density at radius 3 is 2.43 bits per heavy atom. The maximum atomic E-state index is 5.62. The summed E-state index contributed by atoms with van der Waals surface area (Å²) in [6.07, 6.45) is 0. The second-order valence-corrected chi connectivity index (χ2v) is 5.57. The molecule has 2 aromatic rings. The van der Waals surface area contributed by atoms with Crippen molar-refractivity contribution in [1.29, 1.82) is 0 Å². The molecule has 0 saturated carbocycles. The smallest absolute Gasteiger partial charge is 0.103 e. The minimum atomic E-state index is 0.442. The molecule has 1 heterocycles. The van der Waals surface area contributed by atoms with Gasteiger partial charge in [-0.1, -0.05) is 49.5 Å². The first-order valence-corrected chi connectivity index (χ1v) is 7.53. The molecule has 3 nitrogen and oxygen atoms in total. The first-order chi connectivity index (χ1) is 10.1. The molecule has 2 rings (SSSR count). The number of nitrogens with two attached hydrogens (primary N) is 1. The lowest BCUT2D eigenvalue weighted by atomic mass is 10.1. The molecule has 0 saturated heterocycles. The van der Waals surface area contributed by atoms with Crippen LogP contribution in [0.25, 0.3) is 0 Å². The largest absolute Gasteiger partial charge is 0.389 e. The summed E-state index contributed by atoms with van der Waals surface area (Å²) in [4.78, 5) is 7.37. The van der Waals surface area contributed by atoms with Crippen molar-refractivity contribution in [3.05, 3.63) is 65.0 Å². The molecule has 21 heavy (non-hydrogen) atoms. The van der Waals surface area contributed by atoms with E-state index >= 15 is 0 Å². The van der Waals surface area contributed by atoms with Gasteiger partial charge in [-0.05, 0) is 31.2 Å². The van der Waals surface area contributed by atoms with Crippen LogP contribution >= 0.6 is 12.2 Å². The summed E-state index contributed by atoms with van der Waals surface area (Å²) >= 11 is 4.97. The van der Waals surface area contributed by atoms with Crippen LogP contribution in [0, 0.1) is 6.92 Å². The summed E-state index contributed by atoms with van der Waals surface area (Å²) in [6, 6.07) is 14.3. The van der Waals surface area contributed by atoms with Gasteiger partial charge in [-0.25, -0.2) is 0 Å². The quantitative estimate of drug-likeness (QED) is 0.833. The Bertz CT molecular complexity index is 608. The summed E-state index contributed by atoms with van der Waals surface area (Å²) in [6.45, 7) is 6.92. The third kappa shape index (κ3) is 4.62. The molecule has 2 N–H and O–H groups in total. The fourth-order valence-electron chi connectivity index (χ4n) is 2.23. The summed E-state index contributed by atoms with van der Waals surface area (Å²) in [5, 5.41) is 0. The highest BCUT2D eigenvalue weighted by atomic mass is 32.1. The SMILES string of the molecule is CCN(Cc1ccc(C(N)=S)cc1)Cc1cccc(C)n1. The van der Waals surface area contributed by atoms with Gasteiger partial charge in [-0.15, -0.1) is 0 Å². The monoisotopic (exact) mass is 299 g/mol. The van der Waals surface area contributed by atoms with Gasteiger partial charge in [0, 0.05) is 24.3 Å². The van der Waals surface area contributed by atoms with Crippen LogP contribution in [0.3, 0.4) is 0 Å². The van der Waals surface area contributed by atoms with Crippen LogP contribution in [-0.2, 0) is 13.1 Å². The number of aromatic nitrogens is 1. The molecule has 0 fully saturated rings. The van der Waals surface area contributed by atoms with Gasteiger partial charge < -0.3 is 5.73 Å². The molecule has 4 heteroatoms. The Labute approximate surface area is 131 Å². The zero-order valence-corrected chi connectivity index (χ0v) is 13.4. The van der Waals surface area contributed by atoms with E-state index < -0.39 is 0 Å². The molecular formula is C17H21N3S. The molecule has 0 unspecified atom stereocenters. The molecule has 0 amide bonds. The molecule has 0 aliphatic rings. The molecular weight excluding hydrogens is 278 g/mol. The molecule has 0 aliphatic heterocycles. The standard InChI is InChI=1S/C17H21N3S/c1-3-20(12-16-6-4-5-13(2)19-16)11-14-7-9-15(10-8-14)17(18)21/h4-10H,3,11-12H2,1-2H3,(H2,18,21). The number of nitrogens with zero attached hydrogens (tertiary/aromatic N) is 2. The van der Waals surface area contributed by atoms with E-state index in [0.29, 0.717) is 4.99 Å². The number of hydrogen-bond acceptors (Lipinski definition) is 3. The number of pyridine rings is 1. The summed E-state index contributed by atoms with van der Waals surface area (Å²) < 4.78 is 0. The molecule has 1 aromatic heterocycles. The van der Waals surface area contributed by atoms with E-state index in [2.05, 4.69) is 41.1 Å². The number of benzene rings is 1. The molecule has 0 spiro atoms. The van der Waals surface area contributed by atoms with Crippen molar-refractivity contribution in [2.45, 2.75) is 26.9 Å². The van der Waals surface area contributed by atoms with Gasteiger partial charge >= 0.3 is 0 Å². The first-order valence-electron chi connectivity index (χ1n) is 7.12. The van der Waals surface area contributed by atoms with Crippen molar-refractivity contribution in [3.8, 4) is 0 Å². The zero-order chi connectivity index (χ0) is 15.2. The van der Waals surface area contributed by atoms with E-state index in [1.165, 1.54) is 5.56 Å². The van der Waals surface area contributed by atoms with Crippen molar-refractivity contribution in [2.24, 2.45) is 5.73 Å². The number of aryl methyl sites for hydroxylation is 1. The van der Waals surface area contributed by atoms with Crippen molar-refractivity contribution >= 4 is 17.2 Å². The van der Waals surface area contributed by atoms with Crippen molar-refractivity contribution < 1.29 is 0 Å². The average Bonchev–Trinajstić information content (AvgIpc) is 2.47. The second-order valence-electron chi connectivity index (χ2n) is 5.13. The van der Waals surface area contributed by atoms with Gasteiger partial charge in [0.1, 0.15) is 4.99 Å². The Morgan fingerprint density at radius 2 is 1.86 bits per heavy atom. The molecule has 110 valence electrons. The van der Waals surface area contributed by atoms with Crippen molar-refractivity contribution in [3.63, 3.8) is 0 Å². The summed E-state index contributed by atoms with van der Waals surface area (Å²) in [5.41, 5.74) is 9.96. The lowest BCUT2D eigenvalue weighted by Crippen LogP contribution is -2.23. The van der Waals surface area contributed by atoms with Crippen LogP contribution in [0.2, 0.25) is 0 Å². The van der Waals surface area contributed by atoms with Crippen molar-refractivity contribution in [2.75, 3.05) is 6.54 Å². The highest BCUT2D eigenvalue weighted by Gasteiger charge is 2.06. The Morgan fingerprint density at radius 1 is 1.14 bits per heavy atom. The zero-order valence-electron chi connectivity index (χ0n) is 12.5. The lowest BCUT2D eigenvalue weighted by Gasteiger charge is -2.20. The molecule has 0 aliphatic carbocycles. The van der Waals surface area contributed by atoms with E-state index in [-0.39, 0.29) is 0 Å². The van der Waals surface area contributed by atoms with E-state index in [9.17, 15) is 0 Å². The van der Waals surface area contributed by atoms with Crippen LogP contribution in [0.1, 0.15) is 29.4 Å². The van der Waals surface area contributed by atoms with Crippen molar-refractivity contribution in [1.82, 2.24) is 9.88 Å². The van der Waals surface area contributed by atoms with E-state index in [4.69, 9.17) is 18.0 Å². The Balaban J connectivity index is 2.03. The number of hydrogen-bond donors (Lipinski definition) is 1. The van der Waals surface area contributed by atoms with Gasteiger partial charge in [0.05, 0.1) is 5.69 Å². The maximum absolute atomic E-state index is 5.62. The van der Waals surface area contributed by atoms with Gasteiger partial charge in [0.25, 0.3) is 0 Å². The van der Waals surface area contributed by atoms with Crippen LogP contribution in [0.5, 0.6) is 0 Å². The number of thiocarbonyl (C=S) groups is 1. The van der Waals surface area contributed by atoms with Crippen LogP contribution in [0.4, 0.5) is 0 Å². The molecule has 0 radical (unpaired) electrons. The molecule has 0 bridgehead atoms. The predicted octanol–water partition coefficient (Wildman–Crippen LogP) is 3.05. The molecule has 0 atom stereocenters. The normalized spacial score (nSPS) is 10.8. The van der Waals surface area contributed by atoms with Crippen LogP contribution in [0.15, 0.2) is 42.5 Å². The van der Waals surface area contributed by atoms with Crippen LogP contribution in [-0.4, -0.2) is 21.4 Å². The highest BCUT2D eigenvalue weighted by Crippen LogP contribution is 2.10. The fourth-order valence-corrected chi connectivity index (χ4v) is 2.36. The predicted molar refractivity (Wildman–Crippen MR) is 91.1 cm³/mol. The average molecular weight is 299 g/mol. The van der Waals surface area contributed by atoms with E-state index in [1.807, 2.05) is 25.1 Å². The second kappa shape index (κ2) is 7.29. The Kier molecular flexibility index (Phi) is 5.42. The van der Waals surface area contributed by atoms with Gasteiger partial charge in [-0.2, -0.15) is 0 Å².